The summed E-state index contributed by atoms with van der Waals surface area (Å²) >= 11 is 0. The summed E-state index contributed by atoms with van der Waals surface area (Å²) in [5, 5.41) is 3.31. The van der Waals surface area contributed by atoms with Gasteiger partial charge >= 0.3 is 0 Å². The van der Waals surface area contributed by atoms with E-state index < -0.39 is 0 Å². The standard InChI is InChI=1S/C21H30N2O2/c1-2-7-20(24)23-14-12-17(13-15-23)21(25)22-19-11-6-4-9-16-8-3-5-10-18(16)19/h3,5,8,10,17,19H,2,4,6-7,9,11-15H2,1H3,(H,22,25)/t19-/m1/s1. The lowest BCUT2D eigenvalue weighted by Gasteiger charge is -2.32. The summed E-state index contributed by atoms with van der Waals surface area (Å²) in [5.41, 5.74) is 2.68. The maximum atomic E-state index is 12.8. The normalized spacial score (nSPS) is 21.3. The molecule has 0 unspecified atom stereocenters. The van der Waals surface area contributed by atoms with Gasteiger partial charge in [0.05, 0.1) is 6.04 Å². The minimum absolute atomic E-state index is 0.0427. The van der Waals surface area contributed by atoms with Crippen molar-refractivity contribution in [2.75, 3.05) is 13.1 Å². The van der Waals surface area contributed by atoms with Gasteiger partial charge in [0.1, 0.15) is 0 Å². The van der Waals surface area contributed by atoms with Crippen LogP contribution in [0.4, 0.5) is 0 Å². The summed E-state index contributed by atoms with van der Waals surface area (Å²) < 4.78 is 0. The molecule has 4 heteroatoms. The zero-order valence-electron chi connectivity index (χ0n) is 15.3. The summed E-state index contributed by atoms with van der Waals surface area (Å²) in [7, 11) is 0. The molecule has 1 saturated heterocycles. The molecule has 136 valence electrons. The van der Waals surface area contributed by atoms with Crippen molar-refractivity contribution in [1.82, 2.24) is 10.2 Å². The maximum absolute atomic E-state index is 12.8. The molecule has 0 bridgehead atoms. The second-order valence-corrected chi connectivity index (χ2v) is 7.41. The molecule has 1 fully saturated rings. The van der Waals surface area contributed by atoms with Crippen LogP contribution in [0.25, 0.3) is 0 Å². The van der Waals surface area contributed by atoms with Crippen molar-refractivity contribution in [3.8, 4) is 0 Å². The highest BCUT2D eigenvalue weighted by Crippen LogP contribution is 2.29. The van der Waals surface area contributed by atoms with E-state index in [0.29, 0.717) is 6.42 Å². The molecule has 1 aromatic carbocycles. The van der Waals surface area contributed by atoms with E-state index >= 15 is 0 Å². The van der Waals surface area contributed by atoms with Crippen molar-refractivity contribution >= 4 is 11.8 Å². The van der Waals surface area contributed by atoms with E-state index in [0.717, 1.165) is 51.6 Å². The molecule has 1 aromatic rings. The Kier molecular flexibility index (Phi) is 6.11. The van der Waals surface area contributed by atoms with Gasteiger partial charge in [-0.1, -0.05) is 37.6 Å². The number of amides is 2. The summed E-state index contributed by atoms with van der Waals surface area (Å²) in [6.07, 6.45) is 7.57. The Morgan fingerprint density at radius 1 is 1.12 bits per heavy atom. The zero-order chi connectivity index (χ0) is 17.6. The summed E-state index contributed by atoms with van der Waals surface area (Å²) in [6.45, 7) is 3.47. The number of rotatable bonds is 4. The molecule has 0 aromatic heterocycles. The molecule has 3 rings (SSSR count). The fraction of sp³-hybridized carbons (Fsp3) is 0.619. The molecule has 1 heterocycles. The molecule has 2 aliphatic rings. The lowest BCUT2D eigenvalue weighted by atomic mass is 9.93. The molecular weight excluding hydrogens is 312 g/mol. The highest BCUT2D eigenvalue weighted by molar-refractivity contribution is 5.80. The number of carbonyl (C=O) groups excluding carboxylic acids is 2. The van der Waals surface area contributed by atoms with Gasteiger partial charge in [0.2, 0.25) is 11.8 Å². The van der Waals surface area contributed by atoms with Gasteiger partial charge in [0.25, 0.3) is 0 Å². The van der Waals surface area contributed by atoms with Gasteiger partial charge in [-0.3, -0.25) is 9.59 Å². The first-order chi connectivity index (χ1) is 12.2. The Hall–Kier alpha value is -1.84. The van der Waals surface area contributed by atoms with Gasteiger partial charge in [0.15, 0.2) is 0 Å². The molecule has 1 aliphatic carbocycles. The molecule has 2 amide bonds. The Morgan fingerprint density at radius 3 is 2.64 bits per heavy atom. The lowest BCUT2D eigenvalue weighted by molar-refractivity contribution is -0.135. The lowest BCUT2D eigenvalue weighted by Crippen LogP contribution is -2.43. The van der Waals surface area contributed by atoms with Gasteiger partial charge in [-0.05, 0) is 49.7 Å². The number of likely N-dealkylation sites (tertiary alicyclic amines) is 1. The van der Waals surface area contributed by atoms with Crippen molar-refractivity contribution in [1.29, 1.82) is 0 Å². The van der Waals surface area contributed by atoms with Crippen molar-refractivity contribution in [3.63, 3.8) is 0 Å². The smallest absolute Gasteiger partial charge is 0.223 e. The van der Waals surface area contributed by atoms with Crippen LogP contribution >= 0.6 is 0 Å². The first-order valence-electron chi connectivity index (χ1n) is 9.85. The van der Waals surface area contributed by atoms with Crippen LogP contribution in [0.3, 0.4) is 0 Å². The number of carbonyl (C=O) groups is 2. The second kappa shape index (κ2) is 8.50. The summed E-state index contributed by atoms with van der Waals surface area (Å²) in [5.74, 6) is 0.449. The Labute approximate surface area is 151 Å². The van der Waals surface area contributed by atoms with Crippen LogP contribution in [0.15, 0.2) is 24.3 Å². The Morgan fingerprint density at radius 2 is 1.88 bits per heavy atom. The highest BCUT2D eigenvalue weighted by Gasteiger charge is 2.29. The minimum atomic E-state index is 0.0427. The molecule has 1 atom stereocenters. The van der Waals surface area contributed by atoms with Crippen LogP contribution in [0.1, 0.15) is 69.0 Å². The number of benzene rings is 1. The monoisotopic (exact) mass is 342 g/mol. The van der Waals surface area contributed by atoms with Crippen LogP contribution < -0.4 is 5.32 Å². The molecule has 1 aliphatic heterocycles. The molecule has 25 heavy (non-hydrogen) atoms. The van der Waals surface area contributed by atoms with Crippen LogP contribution in [0, 0.1) is 5.92 Å². The van der Waals surface area contributed by atoms with Gasteiger partial charge in [-0.15, -0.1) is 0 Å². The van der Waals surface area contributed by atoms with Gasteiger partial charge < -0.3 is 10.2 Å². The largest absolute Gasteiger partial charge is 0.349 e. The molecule has 4 nitrogen and oxygen atoms in total. The first-order valence-corrected chi connectivity index (χ1v) is 9.85. The predicted octanol–water partition coefficient (Wildman–Crippen LogP) is 3.61. The SMILES string of the molecule is CCCC(=O)N1CCC(C(=O)N[C@@H]2CCCCc3ccccc32)CC1. The molecule has 0 saturated carbocycles. The van der Waals surface area contributed by atoms with E-state index in [-0.39, 0.29) is 23.8 Å². The van der Waals surface area contributed by atoms with Crippen LogP contribution in [-0.4, -0.2) is 29.8 Å². The quantitative estimate of drug-likeness (QED) is 0.850. The third-order valence-electron chi connectivity index (χ3n) is 5.62. The average molecular weight is 342 g/mol. The average Bonchev–Trinajstić information content (AvgIpc) is 2.84. The highest BCUT2D eigenvalue weighted by atomic mass is 16.2. The number of fused-ring (bicyclic) bond motifs is 1. The number of hydrogen-bond donors (Lipinski definition) is 1. The van der Waals surface area contributed by atoms with Crippen LogP contribution in [-0.2, 0) is 16.0 Å². The van der Waals surface area contributed by atoms with E-state index in [1.54, 1.807) is 0 Å². The third kappa shape index (κ3) is 4.42. The van der Waals surface area contributed by atoms with Gasteiger partial charge in [-0.2, -0.15) is 0 Å². The van der Waals surface area contributed by atoms with E-state index in [1.807, 2.05) is 11.8 Å². The number of aryl methyl sites for hydroxylation is 1. The van der Waals surface area contributed by atoms with Crippen molar-refractivity contribution in [2.24, 2.45) is 5.92 Å². The van der Waals surface area contributed by atoms with E-state index in [4.69, 9.17) is 0 Å². The molecule has 0 spiro atoms. The van der Waals surface area contributed by atoms with Crippen molar-refractivity contribution in [3.05, 3.63) is 35.4 Å². The van der Waals surface area contributed by atoms with Crippen LogP contribution in [0.2, 0.25) is 0 Å². The predicted molar refractivity (Wildman–Crippen MR) is 99.1 cm³/mol. The maximum Gasteiger partial charge on any atom is 0.223 e. The van der Waals surface area contributed by atoms with Gasteiger partial charge in [0, 0.05) is 25.4 Å². The molecular formula is C21H30N2O2. The minimum Gasteiger partial charge on any atom is -0.349 e. The topological polar surface area (TPSA) is 49.4 Å². The number of nitrogens with one attached hydrogen (secondary N) is 1. The Bertz CT molecular complexity index is 606. The number of hydrogen-bond acceptors (Lipinski definition) is 2. The van der Waals surface area contributed by atoms with Crippen LogP contribution in [0.5, 0.6) is 0 Å². The van der Waals surface area contributed by atoms with Crippen molar-refractivity contribution < 1.29 is 9.59 Å². The van der Waals surface area contributed by atoms with E-state index in [1.165, 1.54) is 17.5 Å². The first kappa shape index (κ1) is 18.0. The second-order valence-electron chi connectivity index (χ2n) is 7.41. The van der Waals surface area contributed by atoms with E-state index in [9.17, 15) is 9.59 Å². The van der Waals surface area contributed by atoms with E-state index in [2.05, 4.69) is 29.6 Å². The fourth-order valence-corrected chi connectivity index (χ4v) is 4.12. The number of nitrogens with zero attached hydrogens (tertiary/aromatic N) is 1. The Balaban J connectivity index is 1.57. The molecule has 1 N–H and O–H groups in total. The molecule has 0 radical (unpaired) electrons. The third-order valence-corrected chi connectivity index (χ3v) is 5.62. The summed E-state index contributed by atoms with van der Waals surface area (Å²) in [6, 6.07) is 8.66. The number of piperidine rings is 1. The fourth-order valence-electron chi connectivity index (χ4n) is 4.12. The summed E-state index contributed by atoms with van der Waals surface area (Å²) in [4.78, 5) is 26.7. The van der Waals surface area contributed by atoms with Crippen molar-refractivity contribution in [2.45, 2.75) is 64.3 Å². The van der Waals surface area contributed by atoms with Gasteiger partial charge in [-0.25, -0.2) is 0 Å². The zero-order valence-corrected chi connectivity index (χ0v) is 15.3.